The number of carbonyl (C=O) groups excluding carboxylic acids is 1. The van der Waals surface area contributed by atoms with Gasteiger partial charge in [-0.25, -0.2) is 9.97 Å². The van der Waals surface area contributed by atoms with Gasteiger partial charge in [0.15, 0.2) is 17.5 Å². The van der Waals surface area contributed by atoms with E-state index in [1.807, 2.05) is 31.2 Å². The number of hydrogen-bond acceptors (Lipinski definition) is 6. The van der Waals surface area contributed by atoms with Gasteiger partial charge in [0.1, 0.15) is 0 Å². The van der Waals surface area contributed by atoms with Gasteiger partial charge >= 0.3 is 0 Å². The van der Waals surface area contributed by atoms with Crippen molar-refractivity contribution < 1.29 is 19.2 Å². The van der Waals surface area contributed by atoms with Gasteiger partial charge in [0.2, 0.25) is 5.95 Å². The Labute approximate surface area is 165 Å². The Balaban J connectivity index is 1.50. The number of hydrogen-bond donors (Lipinski definition) is 2. The highest BCUT2D eigenvalue weighted by atomic mass is 16.5. The highest BCUT2D eigenvalue weighted by molar-refractivity contribution is 5.79. The van der Waals surface area contributed by atoms with Crippen LogP contribution in [0.25, 0.3) is 0 Å². The van der Waals surface area contributed by atoms with Crippen LogP contribution in [0.5, 0.6) is 11.5 Å². The lowest BCUT2D eigenvalue weighted by Gasteiger charge is -2.34. The van der Waals surface area contributed by atoms with E-state index in [1.54, 1.807) is 26.6 Å². The molecular weight excluding hydrogens is 358 g/mol. The number of benzene rings is 1. The van der Waals surface area contributed by atoms with E-state index in [4.69, 9.17) is 9.47 Å². The Morgan fingerprint density at radius 2 is 1.86 bits per heavy atom. The molecule has 0 aliphatic carbocycles. The normalized spacial score (nSPS) is 15.8. The highest BCUT2D eigenvalue weighted by Crippen LogP contribution is 2.27. The van der Waals surface area contributed by atoms with E-state index in [0.29, 0.717) is 18.0 Å². The summed E-state index contributed by atoms with van der Waals surface area (Å²) in [5.41, 5.74) is 0.972. The Kier molecular flexibility index (Phi) is 6.65. The molecule has 1 amide bonds. The fourth-order valence-electron chi connectivity index (χ4n) is 3.40. The maximum atomic E-state index is 12.6. The topological polar surface area (TPSA) is 81.0 Å². The number of piperazine rings is 1. The van der Waals surface area contributed by atoms with Crippen molar-refractivity contribution in [3.63, 3.8) is 0 Å². The number of quaternary nitrogens is 1. The molecule has 1 saturated heterocycles. The molecular formula is C20H28N5O3+. The van der Waals surface area contributed by atoms with Crippen LogP contribution in [-0.4, -0.2) is 62.3 Å². The number of aromatic nitrogens is 2. The molecule has 1 fully saturated rings. The molecule has 1 aliphatic heterocycles. The minimum atomic E-state index is -0.112. The number of nitrogens with zero attached hydrogens (tertiary/aromatic N) is 3. The van der Waals surface area contributed by atoms with Gasteiger partial charge in [-0.1, -0.05) is 6.07 Å². The van der Waals surface area contributed by atoms with Gasteiger partial charge in [0.25, 0.3) is 5.91 Å². The van der Waals surface area contributed by atoms with Crippen molar-refractivity contribution in [2.24, 2.45) is 0 Å². The Morgan fingerprint density at radius 1 is 1.18 bits per heavy atom. The fraction of sp³-hybridized carbons (Fsp3) is 0.450. The van der Waals surface area contributed by atoms with Gasteiger partial charge in [-0.2, -0.15) is 0 Å². The second kappa shape index (κ2) is 9.36. The molecule has 1 aromatic carbocycles. The molecule has 0 spiro atoms. The maximum absolute atomic E-state index is 12.6. The number of ether oxygens (including phenoxy) is 2. The number of rotatable bonds is 7. The fourth-order valence-corrected chi connectivity index (χ4v) is 3.40. The van der Waals surface area contributed by atoms with Crippen LogP contribution in [0.1, 0.15) is 12.5 Å². The summed E-state index contributed by atoms with van der Waals surface area (Å²) < 4.78 is 10.6. The largest absolute Gasteiger partial charge is 0.493 e. The van der Waals surface area contributed by atoms with Gasteiger partial charge in [-0.3, -0.25) is 4.79 Å². The quantitative estimate of drug-likeness (QED) is 0.692. The average molecular weight is 386 g/mol. The molecule has 0 saturated carbocycles. The van der Waals surface area contributed by atoms with Crippen LogP contribution in [0.2, 0.25) is 0 Å². The molecule has 1 aromatic heterocycles. The van der Waals surface area contributed by atoms with Crippen LogP contribution in [0, 0.1) is 0 Å². The van der Waals surface area contributed by atoms with Gasteiger partial charge in [0, 0.05) is 18.9 Å². The van der Waals surface area contributed by atoms with E-state index in [1.165, 1.54) is 4.90 Å². The van der Waals surface area contributed by atoms with Gasteiger partial charge in [-0.05, 0) is 30.7 Å². The standard InChI is InChI=1S/C20H27N5O3/c1-15(24-9-11-25(12-10-24)20-21-7-4-8-22-20)19(26)23-14-16-5-6-17(27-2)18(13-16)28-3/h4-8,13,15H,9-12,14H2,1-3H3,(H,23,26)/p+1/t15-/m1/s1. The molecule has 2 heterocycles. The van der Waals surface area contributed by atoms with Gasteiger partial charge in [0.05, 0.1) is 40.4 Å². The number of nitrogens with one attached hydrogen (secondary N) is 2. The van der Waals surface area contributed by atoms with Crippen molar-refractivity contribution in [1.29, 1.82) is 0 Å². The van der Waals surface area contributed by atoms with Gasteiger partial charge < -0.3 is 24.6 Å². The van der Waals surface area contributed by atoms with Gasteiger partial charge in [-0.15, -0.1) is 0 Å². The maximum Gasteiger partial charge on any atom is 0.278 e. The van der Waals surface area contributed by atoms with Crippen LogP contribution in [0.3, 0.4) is 0 Å². The molecule has 2 aromatic rings. The summed E-state index contributed by atoms with van der Waals surface area (Å²) >= 11 is 0. The first kappa shape index (κ1) is 19.9. The van der Waals surface area contributed by atoms with Crippen molar-refractivity contribution in [2.45, 2.75) is 19.5 Å². The zero-order chi connectivity index (χ0) is 19.9. The minimum Gasteiger partial charge on any atom is -0.493 e. The Morgan fingerprint density at radius 3 is 2.50 bits per heavy atom. The molecule has 1 atom stereocenters. The molecule has 1 aliphatic rings. The van der Waals surface area contributed by atoms with Crippen LogP contribution in [0.4, 0.5) is 5.95 Å². The Bertz CT molecular complexity index is 779. The first-order chi connectivity index (χ1) is 13.6. The lowest BCUT2D eigenvalue weighted by atomic mass is 10.1. The van der Waals surface area contributed by atoms with Crippen LogP contribution in [0.15, 0.2) is 36.7 Å². The summed E-state index contributed by atoms with van der Waals surface area (Å²) in [6.07, 6.45) is 3.51. The smallest absolute Gasteiger partial charge is 0.278 e. The van der Waals surface area contributed by atoms with Crippen molar-refractivity contribution in [3.8, 4) is 11.5 Å². The summed E-state index contributed by atoms with van der Waals surface area (Å²) in [5.74, 6) is 2.14. The van der Waals surface area contributed by atoms with Crippen LogP contribution in [-0.2, 0) is 11.3 Å². The van der Waals surface area contributed by atoms with Crippen LogP contribution < -0.4 is 24.6 Å². The third-order valence-electron chi connectivity index (χ3n) is 5.16. The van der Waals surface area contributed by atoms with Crippen LogP contribution >= 0.6 is 0 Å². The zero-order valence-electron chi connectivity index (χ0n) is 16.6. The highest BCUT2D eigenvalue weighted by Gasteiger charge is 2.29. The van der Waals surface area contributed by atoms with E-state index in [2.05, 4.69) is 20.2 Å². The molecule has 0 unspecified atom stereocenters. The first-order valence-corrected chi connectivity index (χ1v) is 9.47. The van der Waals surface area contributed by atoms with E-state index in [0.717, 1.165) is 37.7 Å². The lowest BCUT2D eigenvalue weighted by Crippen LogP contribution is -3.19. The minimum absolute atomic E-state index is 0.0502. The van der Waals surface area contributed by atoms with E-state index < -0.39 is 0 Å². The molecule has 0 radical (unpaired) electrons. The summed E-state index contributed by atoms with van der Waals surface area (Å²) in [4.78, 5) is 24.7. The SMILES string of the molecule is COc1ccc(CNC(=O)[C@@H](C)[NH+]2CCN(c3ncccn3)CC2)cc1OC. The van der Waals surface area contributed by atoms with Crippen molar-refractivity contribution >= 4 is 11.9 Å². The second-order valence-corrected chi connectivity index (χ2v) is 6.82. The average Bonchev–Trinajstić information content (AvgIpc) is 2.77. The molecule has 28 heavy (non-hydrogen) atoms. The van der Waals surface area contributed by atoms with E-state index in [9.17, 15) is 4.79 Å². The van der Waals surface area contributed by atoms with E-state index >= 15 is 0 Å². The number of amides is 1. The molecule has 2 N–H and O–H groups in total. The number of carbonyl (C=O) groups is 1. The number of anilines is 1. The third-order valence-corrected chi connectivity index (χ3v) is 5.16. The summed E-state index contributed by atoms with van der Waals surface area (Å²) in [7, 11) is 3.21. The van der Waals surface area contributed by atoms with E-state index in [-0.39, 0.29) is 11.9 Å². The zero-order valence-corrected chi connectivity index (χ0v) is 16.6. The molecule has 8 nitrogen and oxygen atoms in total. The molecule has 8 heteroatoms. The third kappa shape index (κ3) is 4.69. The summed E-state index contributed by atoms with van der Waals surface area (Å²) in [6, 6.07) is 7.36. The predicted octanol–water partition coefficient (Wildman–Crippen LogP) is -0.0964. The van der Waals surface area contributed by atoms with Crippen molar-refractivity contribution in [1.82, 2.24) is 15.3 Å². The first-order valence-electron chi connectivity index (χ1n) is 9.47. The number of methoxy groups -OCH3 is 2. The second-order valence-electron chi connectivity index (χ2n) is 6.82. The predicted molar refractivity (Wildman–Crippen MR) is 106 cm³/mol. The lowest BCUT2D eigenvalue weighted by molar-refractivity contribution is -0.914. The summed E-state index contributed by atoms with van der Waals surface area (Å²) in [5, 5.41) is 3.03. The molecule has 150 valence electrons. The molecule has 0 bridgehead atoms. The monoisotopic (exact) mass is 386 g/mol. The Hall–Kier alpha value is -2.87. The van der Waals surface area contributed by atoms with Crippen molar-refractivity contribution in [2.75, 3.05) is 45.3 Å². The molecule has 3 rings (SSSR count). The van der Waals surface area contributed by atoms with Crippen molar-refractivity contribution in [3.05, 3.63) is 42.2 Å². The summed E-state index contributed by atoms with van der Waals surface area (Å²) in [6.45, 7) is 5.88.